The van der Waals surface area contributed by atoms with Crippen LogP contribution < -0.4 is 5.32 Å². The number of ether oxygens (including phenoxy) is 1. The molecule has 4 heteroatoms. The zero-order valence-corrected chi connectivity index (χ0v) is 11.7. The van der Waals surface area contributed by atoms with Crippen molar-refractivity contribution in [2.75, 3.05) is 19.0 Å². The van der Waals surface area contributed by atoms with Gasteiger partial charge >= 0.3 is 0 Å². The van der Waals surface area contributed by atoms with E-state index in [1.54, 1.807) is 0 Å². The lowest BCUT2D eigenvalue weighted by molar-refractivity contribution is -0.135. The Bertz CT molecular complexity index is 238. The summed E-state index contributed by atoms with van der Waals surface area (Å²) in [5, 5.41) is 2.99. The van der Waals surface area contributed by atoms with Gasteiger partial charge in [0.05, 0.1) is 0 Å². The molecular weight excluding hydrogens is 238 g/mol. The van der Waals surface area contributed by atoms with Crippen LogP contribution in [0.1, 0.15) is 46.0 Å². The Morgan fingerprint density at radius 1 is 1.47 bits per heavy atom. The molecule has 0 aromatic heterocycles. The third kappa shape index (κ3) is 5.73. The van der Waals surface area contributed by atoms with E-state index in [0.717, 1.165) is 32.1 Å². The van der Waals surface area contributed by atoms with Crippen LogP contribution in [0.2, 0.25) is 0 Å². The largest absolute Gasteiger partial charge is 0.368 e. The van der Waals surface area contributed by atoms with Crippen LogP contribution in [0.25, 0.3) is 0 Å². The molecule has 3 nitrogen and oxygen atoms in total. The third-order valence-electron chi connectivity index (χ3n) is 3.20. The van der Waals surface area contributed by atoms with E-state index >= 15 is 0 Å². The van der Waals surface area contributed by atoms with Gasteiger partial charge in [0.25, 0.3) is 0 Å². The molecule has 1 unspecified atom stereocenters. The van der Waals surface area contributed by atoms with Gasteiger partial charge in [-0.25, -0.2) is 0 Å². The van der Waals surface area contributed by atoms with Gasteiger partial charge in [-0.2, -0.15) is 0 Å². The fraction of sp³-hybridized carbons (Fsp3) is 0.923. The van der Waals surface area contributed by atoms with E-state index in [4.69, 9.17) is 16.3 Å². The first-order chi connectivity index (χ1) is 8.05. The van der Waals surface area contributed by atoms with Crippen molar-refractivity contribution in [2.24, 2.45) is 5.41 Å². The number of hydrogen-bond acceptors (Lipinski definition) is 2. The maximum absolute atomic E-state index is 11.9. The predicted octanol–water partition coefficient (Wildman–Crippen LogP) is 2.72. The second kappa shape index (κ2) is 7.22. The number of rotatable bonds is 6. The van der Waals surface area contributed by atoms with Gasteiger partial charge in [-0.1, -0.05) is 13.8 Å². The van der Waals surface area contributed by atoms with Crippen molar-refractivity contribution in [3.05, 3.63) is 0 Å². The zero-order chi connectivity index (χ0) is 12.7. The molecular formula is C13H24ClNO2. The lowest BCUT2D eigenvalue weighted by Crippen LogP contribution is -2.42. The van der Waals surface area contributed by atoms with E-state index in [2.05, 4.69) is 19.2 Å². The average Bonchev–Trinajstić information content (AvgIpc) is 2.35. The molecule has 0 radical (unpaired) electrons. The molecule has 1 saturated heterocycles. The molecule has 0 saturated carbocycles. The van der Waals surface area contributed by atoms with Crippen molar-refractivity contribution in [3.63, 3.8) is 0 Å². The van der Waals surface area contributed by atoms with Crippen LogP contribution in [0.4, 0.5) is 0 Å². The maximum atomic E-state index is 11.9. The van der Waals surface area contributed by atoms with E-state index in [0.29, 0.717) is 19.0 Å². The van der Waals surface area contributed by atoms with Crippen LogP contribution in [-0.2, 0) is 9.53 Å². The van der Waals surface area contributed by atoms with Crippen molar-refractivity contribution in [2.45, 2.75) is 52.1 Å². The van der Waals surface area contributed by atoms with Gasteiger partial charge in [0.1, 0.15) is 6.10 Å². The van der Waals surface area contributed by atoms with E-state index in [-0.39, 0.29) is 17.4 Å². The lowest BCUT2D eigenvalue weighted by Gasteiger charge is -2.27. The maximum Gasteiger partial charge on any atom is 0.249 e. The fourth-order valence-corrected chi connectivity index (χ4v) is 2.16. The number of carbonyl (C=O) groups excluding carboxylic acids is 1. The van der Waals surface area contributed by atoms with Crippen LogP contribution in [0.15, 0.2) is 0 Å². The molecule has 1 rings (SSSR count). The standard InChI is InChI=1S/C13H24ClNO2/c1-13(2,7-5-8-14)10-15-12(16)11-6-3-4-9-17-11/h11H,3-10H2,1-2H3,(H,15,16). The summed E-state index contributed by atoms with van der Waals surface area (Å²) < 4.78 is 5.45. The highest BCUT2D eigenvalue weighted by atomic mass is 35.5. The van der Waals surface area contributed by atoms with Gasteiger partial charge in [-0.3, -0.25) is 4.79 Å². The van der Waals surface area contributed by atoms with Crippen molar-refractivity contribution in [3.8, 4) is 0 Å². The first-order valence-corrected chi connectivity index (χ1v) is 7.04. The Hall–Kier alpha value is -0.280. The summed E-state index contributed by atoms with van der Waals surface area (Å²) in [6.07, 6.45) is 4.81. The normalized spacial score (nSPS) is 21.2. The minimum absolute atomic E-state index is 0.0450. The third-order valence-corrected chi connectivity index (χ3v) is 3.47. The fourth-order valence-electron chi connectivity index (χ4n) is 2.02. The van der Waals surface area contributed by atoms with E-state index in [9.17, 15) is 4.79 Å². The van der Waals surface area contributed by atoms with Gasteiger partial charge in [0, 0.05) is 19.0 Å². The molecule has 0 aliphatic carbocycles. The summed E-state index contributed by atoms with van der Waals surface area (Å²) >= 11 is 5.68. The number of halogens is 1. The average molecular weight is 262 g/mol. The minimum Gasteiger partial charge on any atom is -0.368 e. The molecule has 1 fully saturated rings. The van der Waals surface area contributed by atoms with E-state index in [1.165, 1.54) is 0 Å². The van der Waals surface area contributed by atoms with Crippen molar-refractivity contribution >= 4 is 17.5 Å². The zero-order valence-electron chi connectivity index (χ0n) is 10.9. The number of alkyl halides is 1. The summed E-state index contributed by atoms with van der Waals surface area (Å²) in [5.74, 6) is 0.729. The molecule has 1 N–H and O–H groups in total. The summed E-state index contributed by atoms with van der Waals surface area (Å²) in [4.78, 5) is 11.9. The molecule has 17 heavy (non-hydrogen) atoms. The van der Waals surface area contributed by atoms with Gasteiger partial charge < -0.3 is 10.1 Å². The smallest absolute Gasteiger partial charge is 0.249 e. The topological polar surface area (TPSA) is 38.3 Å². The summed E-state index contributed by atoms with van der Waals surface area (Å²) in [6.45, 7) is 5.72. The first-order valence-electron chi connectivity index (χ1n) is 6.50. The molecule has 1 heterocycles. The van der Waals surface area contributed by atoms with E-state index < -0.39 is 0 Å². The SMILES string of the molecule is CC(C)(CCCCl)CNC(=O)C1CCCCO1. The second-order valence-corrected chi connectivity index (χ2v) is 5.91. The van der Waals surface area contributed by atoms with E-state index in [1.807, 2.05) is 0 Å². The van der Waals surface area contributed by atoms with Crippen molar-refractivity contribution in [1.29, 1.82) is 0 Å². The molecule has 100 valence electrons. The number of amides is 1. The second-order valence-electron chi connectivity index (χ2n) is 5.53. The highest BCUT2D eigenvalue weighted by molar-refractivity contribution is 6.17. The Labute approximate surface area is 109 Å². The van der Waals surface area contributed by atoms with Crippen LogP contribution in [0.5, 0.6) is 0 Å². The first kappa shape index (κ1) is 14.8. The molecule has 1 amide bonds. The van der Waals surface area contributed by atoms with Crippen LogP contribution in [-0.4, -0.2) is 31.0 Å². The Kier molecular flexibility index (Phi) is 6.28. The molecule has 1 atom stereocenters. The minimum atomic E-state index is -0.229. The number of carbonyl (C=O) groups is 1. The molecule has 0 aromatic rings. The highest BCUT2D eigenvalue weighted by Crippen LogP contribution is 2.21. The molecule has 0 spiro atoms. The van der Waals surface area contributed by atoms with Gasteiger partial charge in [0.2, 0.25) is 5.91 Å². The van der Waals surface area contributed by atoms with Crippen molar-refractivity contribution in [1.82, 2.24) is 5.32 Å². The summed E-state index contributed by atoms with van der Waals surface area (Å²) in [5.41, 5.74) is 0.110. The molecule has 1 aliphatic heterocycles. The van der Waals surface area contributed by atoms with Crippen LogP contribution in [0.3, 0.4) is 0 Å². The van der Waals surface area contributed by atoms with Crippen molar-refractivity contribution < 1.29 is 9.53 Å². The van der Waals surface area contributed by atoms with Crippen LogP contribution in [0, 0.1) is 5.41 Å². The molecule has 0 bridgehead atoms. The monoisotopic (exact) mass is 261 g/mol. The summed E-state index contributed by atoms with van der Waals surface area (Å²) in [6, 6.07) is 0. The van der Waals surface area contributed by atoms with Gasteiger partial charge in [-0.15, -0.1) is 11.6 Å². The predicted molar refractivity (Wildman–Crippen MR) is 70.3 cm³/mol. The highest BCUT2D eigenvalue weighted by Gasteiger charge is 2.24. The molecule has 0 aromatic carbocycles. The van der Waals surface area contributed by atoms with Crippen LogP contribution >= 0.6 is 11.6 Å². The Morgan fingerprint density at radius 2 is 2.24 bits per heavy atom. The Balaban J connectivity index is 2.26. The molecule has 1 aliphatic rings. The van der Waals surface area contributed by atoms with Gasteiger partial charge in [-0.05, 0) is 37.5 Å². The quantitative estimate of drug-likeness (QED) is 0.747. The van der Waals surface area contributed by atoms with Gasteiger partial charge in [0.15, 0.2) is 0 Å². The number of hydrogen-bond donors (Lipinski definition) is 1. The lowest BCUT2D eigenvalue weighted by atomic mass is 9.88. The Morgan fingerprint density at radius 3 is 2.82 bits per heavy atom. The number of nitrogens with one attached hydrogen (secondary N) is 1. The summed E-state index contributed by atoms with van der Waals surface area (Å²) in [7, 11) is 0.